The number of hydrogen-bond acceptors (Lipinski definition) is 5. The fourth-order valence-electron chi connectivity index (χ4n) is 2.64. The molecule has 0 aromatic carbocycles. The number of aliphatic hydroxyl groups is 1. The molecule has 0 aromatic heterocycles. The molecule has 0 spiro atoms. The van der Waals surface area contributed by atoms with Crippen molar-refractivity contribution in [3.05, 3.63) is 0 Å². The van der Waals surface area contributed by atoms with Crippen LogP contribution in [0.3, 0.4) is 0 Å². The molecule has 2 rings (SSSR count). The van der Waals surface area contributed by atoms with E-state index in [4.69, 9.17) is 0 Å². The van der Waals surface area contributed by atoms with Gasteiger partial charge in [0.2, 0.25) is 0 Å². The number of aliphatic hydroxyl groups excluding tert-OH is 1. The highest BCUT2D eigenvalue weighted by atomic mass is 32.2. The predicted octanol–water partition coefficient (Wildman–Crippen LogP) is -1.17. The monoisotopic (exact) mass is 248 g/mol. The lowest BCUT2D eigenvalue weighted by Crippen LogP contribution is -2.60. The Bertz CT molecular complexity index is 357. The molecule has 4 atom stereocenters. The van der Waals surface area contributed by atoms with Gasteiger partial charge in [-0.1, -0.05) is 0 Å². The largest absolute Gasteiger partial charge is 0.390 e. The normalized spacial score (nSPS) is 44.7. The van der Waals surface area contributed by atoms with E-state index in [1.54, 1.807) is 0 Å². The molecule has 5 nitrogen and oxygen atoms in total. The fraction of sp³-hybridized carbons (Fsp3) is 1.00. The summed E-state index contributed by atoms with van der Waals surface area (Å²) in [5.74, 6) is 0.0217. The number of piperazine rings is 1. The summed E-state index contributed by atoms with van der Waals surface area (Å²) in [6.07, 6.45) is -0.724. The van der Waals surface area contributed by atoms with E-state index in [0.717, 1.165) is 13.1 Å². The van der Waals surface area contributed by atoms with Gasteiger partial charge < -0.3 is 10.4 Å². The van der Waals surface area contributed by atoms with Gasteiger partial charge in [-0.05, 0) is 13.8 Å². The van der Waals surface area contributed by atoms with Crippen LogP contribution < -0.4 is 5.32 Å². The number of nitrogens with zero attached hydrogens (tertiary/aromatic N) is 1. The van der Waals surface area contributed by atoms with Crippen molar-refractivity contribution in [2.75, 3.05) is 24.6 Å². The SMILES string of the molecule is CC1CN(C2CS(=O)(=O)CC2O)C(C)CN1. The quantitative estimate of drug-likeness (QED) is 0.612. The van der Waals surface area contributed by atoms with Crippen LogP contribution in [-0.4, -0.2) is 67.2 Å². The summed E-state index contributed by atoms with van der Waals surface area (Å²) in [5.41, 5.74) is 0. The summed E-state index contributed by atoms with van der Waals surface area (Å²) in [6, 6.07) is 0.417. The number of hydrogen-bond donors (Lipinski definition) is 2. The van der Waals surface area contributed by atoms with Crippen molar-refractivity contribution >= 4 is 9.84 Å². The Hall–Kier alpha value is -0.170. The molecule has 0 radical (unpaired) electrons. The van der Waals surface area contributed by atoms with Gasteiger partial charge in [0, 0.05) is 25.2 Å². The minimum Gasteiger partial charge on any atom is -0.390 e. The van der Waals surface area contributed by atoms with Crippen molar-refractivity contribution in [3.8, 4) is 0 Å². The molecule has 6 heteroatoms. The van der Waals surface area contributed by atoms with Crippen LogP contribution in [0.4, 0.5) is 0 Å². The van der Waals surface area contributed by atoms with Crippen molar-refractivity contribution in [1.82, 2.24) is 10.2 Å². The van der Waals surface area contributed by atoms with Gasteiger partial charge in [0.1, 0.15) is 0 Å². The molecule has 0 aliphatic carbocycles. The van der Waals surface area contributed by atoms with Gasteiger partial charge in [0.05, 0.1) is 23.7 Å². The minimum absolute atomic E-state index is 0.0807. The highest BCUT2D eigenvalue weighted by molar-refractivity contribution is 7.91. The Kier molecular flexibility index (Phi) is 3.27. The zero-order valence-electron chi connectivity index (χ0n) is 9.76. The zero-order chi connectivity index (χ0) is 11.9. The summed E-state index contributed by atoms with van der Waals surface area (Å²) >= 11 is 0. The molecule has 0 bridgehead atoms. The molecule has 2 N–H and O–H groups in total. The van der Waals surface area contributed by atoms with Crippen LogP contribution >= 0.6 is 0 Å². The average molecular weight is 248 g/mol. The van der Waals surface area contributed by atoms with Crippen molar-refractivity contribution in [1.29, 1.82) is 0 Å². The van der Waals surface area contributed by atoms with Crippen LogP contribution in [-0.2, 0) is 9.84 Å². The van der Waals surface area contributed by atoms with E-state index in [1.165, 1.54) is 0 Å². The Morgan fingerprint density at radius 3 is 2.56 bits per heavy atom. The molecule has 2 saturated heterocycles. The van der Waals surface area contributed by atoms with Gasteiger partial charge >= 0.3 is 0 Å². The first-order valence-electron chi connectivity index (χ1n) is 5.76. The first-order chi connectivity index (χ1) is 7.39. The molecule has 4 unspecified atom stereocenters. The van der Waals surface area contributed by atoms with E-state index in [0.29, 0.717) is 6.04 Å². The topological polar surface area (TPSA) is 69.6 Å². The van der Waals surface area contributed by atoms with Gasteiger partial charge in [-0.15, -0.1) is 0 Å². The van der Waals surface area contributed by atoms with Gasteiger partial charge in [-0.25, -0.2) is 8.42 Å². The van der Waals surface area contributed by atoms with Gasteiger partial charge in [0.25, 0.3) is 0 Å². The molecule has 94 valence electrons. The highest BCUT2D eigenvalue weighted by Gasteiger charge is 2.42. The summed E-state index contributed by atoms with van der Waals surface area (Å²) in [4.78, 5) is 2.14. The number of sulfone groups is 1. The zero-order valence-corrected chi connectivity index (χ0v) is 10.6. The second-order valence-electron chi connectivity index (χ2n) is 5.07. The summed E-state index contributed by atoms with van der Waals surface area (Å²) in [5, 5.41) is 13.2. The van der Waals surface area contributed by atoms with E-state index in [-0.39, 0.29) is 23.6 Å². The van der Waals surface area contributed by atoms with Crippen molar-refractivity contribution < 1.29 is 13.5 Å². The van der Waals surface area contributed by atoms with Crippen LogP contribution in [0.15, 0.2) is 0 Å². The first-order valence-corrected chi connectivity index (χ1v) is 7.59. The number of rotatable bonds is 1. The van der Waals surface area contributed by atoms with Crippen LogP contribution in [0.2, 0.25) is 0 Å². The molecular weight excluding hydrogens is 228 g/mol. The fourth-order valence-corrected chi connectivity index (χ4v) is 4.45. The van der Waals surface area contributed by atoms with Gasteiger partial charge in [-0.2, -0.15) is 0 Å². The molecule has 16 heavy (non-hydrogen) atoms. The third-order valence-corrected chi connectivity index (χ3v) is 5.23. The maximum Gasteiger partial charge on any atom is 0.154 e. The second-order valence-corrected chi connectivity index (χ2v) is 7.22. The van der Waals surface area contributed by atoms with Crippen LogP contribution in [0.1, 0.15) is 13.8 Å². The average Bonchev–Trinajstić information content (AvgIpc) is 2.44. The lowest BCUT2D eigenvalue weighted by Gasteiger charge is -2.41. The Balaban J connectivity index is 2.12. The molecule has 0 aromatic rings. The van der Waals surface area contributed by atoms with E-state index in [9.17, 15) is 13.5 Å². The van der Waals surface area contributed by atoms with E-state index >= 15 is 0 Å². The molecular formula is C10H20N2O3S. The highest BCUT2D eigenvalue weighted by Crippen LogP contribution is 2.22. The lowest BCUT2D eigenvalue weighted by atomic mass is 10.1. The Morgan fingerprint density at radius 1 is 1.31 bits per heavy atom. The molecule has 2 aliphatic rings. The molecule has 2 fully saturated rings. The minimum atomic E-state index is -3.05. The molecule has 2 heterocycles. The van der Waals surface area contributed by atoms with Crippen molar-refractivity contribution in [2.45, 2.75) is 38.1 Å². The Morgan fingerprint density at radius 2 is 2.00 bits per heavy atom. The number of nitrogens with one attached hydrogen (secondary N) is 1. The van der Waals surface area contributed by atoms with E-state index in [1.807, 2.05) is 0 Å². The first kappa shape index (κ1) is 12.3. The maximum atomic E-state index is 11.5. The standard InChI is InChI=1S/C10H20N2O3S/c1-7-4-12(8(2)3-11-7)9-5-16(14,15)6-10(9)13/h7-11,13H,3-6H2,1-2H3. The van der Waals surface area contributed by atoms with Crippen molar-refractivity contribution in [2.24, 2.45) is 0 Å². The lowest BCUT2D eigenvalue weighted by molar-refractivity contribution is 0.0360. The van der Waals surface area contributed by atoms with Crippen molar-refractivity contribution in [3.63, 3.8) is 0 Å². The van der Waals surface area contributed by atoms with Crippen LogP contribution in [0, 0.1) is 0 Å². The third kappa shape index (κ3) is 2.40. The Labute approximate surface area is 96.7 Å². The summed E-state index contributed by atoms with van der Waals surface area (Å²) < 4.78 is 23.0. The second kappa shape index (κ2) is 4.25. The third-order valence-electron chi connectivity index (χ3n) is 3.53. The van der Waals surface area contributed by atoms with Gasteiger partial charge in [-0.3, -0.25) is 4.90 Å². The van der Waals surface area contributed by atoms with Crippen LogP contribution in [0.25, 0.3) is 0 Å². The summed E-state index contributed by atoms with van der Waals surface area (Å²) in [7, 11) is -3.05. The smallest absolute Gasteiger partial charge is 0.154 e. The molecule has 2 aliphatic heterocycles. The van der Waals surface area contributed by atoms with E-state index < -0.39 is 15.9 Å². The van der Waals surface area contributed by atoms with Gasteiger partial charge in [0.15, 0.2) is 9.84 Å². The molecule has 0 saturated carbocycles. The molecule has 0 amide bonds. The maximum absolute atomic E-state index is 11.5. The van der Waals surface area contributed by atoms with E-state index in [2.05, 4.69) is 24.1 Å². The summed E-state index contributed by atoms with van der Waals surface area (Å²) in [6.45, 7) is 5.80. The van der Waals surface area contributed by atoms with Crippen LogP contribution in [0.5, 0.6) is 0 Å². The predicted molar refractivity (Wildman–Crippen MR) is 62.1 cm³/mol.